The van der Waals surface area contributed by atoms with Crippen LogP contribution in [-0.4, -0.2) is 55.9 Å². The van der Waals surface area contributed by atoms with E-state index in [-0.39, 0.29) is 29.1 Å². The maximum atomic E-state index is 12.3. The molecule has 0 unspecified atom stereocenters. The van der Waals surface area contributed by atoms with E-state index in [9.17, 15) is 19.5 Å². The molecule has 1 aromatic rings. The van der Waals surface area contributed by atoms with Gasteiger partial charge in [-0.3, -0.25) is 14.5 Å². The van der Waals surface area contributed by atoms with E-state index >= 15 is 0 Å². The molecule has 11 heteroatoms. The zero-order chi connectivity index (χ0) is 17.4. The predicted molar refractivity (Wildman–Crippen MR) is 103 cm³/mol. The molecule has 0 spiro atoms. The number of thioether (sulfide) groups is 1. The third-order valence-electron chi connectivity index (χ3n) is 4.10. The molecule has 3 atom stereocenters. The van der Waals surface area contributed by atoms with Crippen molar-refractivity contribution in [3.8, 4) is 0 Å². The molecule has 0 radical (unpaired) electrons. The lowest BCUT2D eigenvalue weighted by Gasteiger charge is -2.49. The first-order valence-electron chi connectivity index (χ1n) is 7.40. The Morgan fingerprint density at radius 1 is 1.30 bits per heavy atom. The molecule has 0 aliphatic carbocycles. The highest BCUT2D eigenvalue weighted by atomic mass is 35.5. The number of nitrogens with two attached hydrogens (primary N) is 1. The van der Waals surface area contributed by atoms with Crippen molar-refractivity contribution < 1.29 is 30.4 Å². The summed E-state index contributed by atoms with van der Waals surface area (Å²) in [5.41, 5.74) is 7.24. The second-order valence-corrected chi connectivity index (χ2v) is 6.82. The Morgan fingerprint density at radius 2 is 1.89 bits per heavy atom. The lowest BCUT2D eigenvalue weighted by atomic mass is 10.0. The van der Waals surface area contributed by atoms with Crippen molar-refractivity contribution in [2.24, 2.45) is 5.73 Å². The molecule has 0 saturated carbocycles. The molecule has 9 nitrogen and oxygen atoms in total. The van der Waals surface area contributed by atoms with E-state index in [1.54, 1.807) is 31.2 Å². The fraction of sp³-hybridized carbons (Fsp3) is 0.312. The van der Waals surface area contributed by atoms with E-state index in [1.165, 1.54) is 16.7 Å². The van der Waals surface area contributed by atoms with E-state index in [0.717, 1.165) is 0 Å². The fourth-order valence-corrected chi connectivity index (χ4v) is 4.12. The monoisotopic (exact) mass is 419 g/mol. The number of rotatable bonds is 4. The van der Waals surface area contributed by atoms with E-state index in [0.29, 0.717) is 16.9 Å². The van der Waals surface area contributed by atoms with Crippen molar-refractivity contribution >= 4 is 42.0 Å². The van der Waals surface area contributed by atoms with E-state index in [4.69, 9.17) is 5.73 Å². The van der Waals surface area contributed by atoms with E-state index in [2.05, 4.69) is 5.32 Å². The highest BCUT2D eigenvalue weighted by Gasteiger charge is 2.53. The van der Waals surface area contributed by atoms with Crippen molar-refractivity contribution in [2.75, 3.05) is 5.75 Å². The molecule has 8 N–H and O–H groups in total. The molecule has 27 heavy (non-hydrogen) atoms. The molecule has 0 bridgehead atoms. The van der Waals surface area contributed by atoms with Crippen molar-refractivity contribution in [1.82, 2.24) is 10.2 Å². The number of carbonyl (C=O) groups excluding carboxylic acids is 2. The molecular formula is C16H22ClN3O6S. The fourth-order valence-electron chi connectivity index (χ4n) is 2.83. The average molecular weight is 420 g/mol. The highest BCUT2D eigenvalue weighted by molar-refractivity contribution is 8.00. The van der Waals surface area contributed by atoms with Crippen LogP contribution >= 0.6 is 24.2 Å². The number of halogens is 1. The summed E-state index contributed by atoms with van der Waals surface area (Å²) >= 11 is 1.43. The van der Waals surface area contributed by atoms with Crippen LogP contribution in [-0.2, 0) is 14.4 Å². The second kappa shape index (κ2) is 9.72. The summed E-state index contributed by atoms with van der Waals surface area (Å²) in [6, 6.07) is 7.23. The van der Waals surface area contributed by atoms with Crippen LogP contribution in [0.15, 0.2) is 41.6 Å². The van der Waals surface area contributed by atoms with Gasteiger partial charge < -0.3 is 27.1 Å². The largest absolute Gasteiger partial charge is 0.477 e. The zero-order valence-electron chi connectivity index (χ0n) is 14.3. The first kappa shape index (κ1) is 24.9. The molecule has 2 aliphatic heterocycles. The molecule has 2 heterocycles. The predicted octanol–water partition coefficient (Wildman–Crippen LogP) is -0.783. The van der Waals surface area contributed by atoms with E-state index < -0.39 is 35.2 Å². The maximum absolute atomic E-state index is 12.3. The molecule has 2 amide bonds. The molecule has 0 aromatic heterocycles. The summed E-state index contributed by atoms with van der Waals surface area (Å²) in [6.07, 6.45) is 0. The number of hydrogen-bond acceptors (Lipinski definition) is 5. The number of hydrogen-bond donors (Lipinski definition) is 3. The Bertz CT molecular complexity index is 745. The molecule has 1 saturated heterocycles. The summed E-state index contributed by atoms with van der Waals surface area (Å²) in [7, 11) is 0. The third kappa shape index (κ3) is 4.42. The van der Waals surface area contributed by atoms with Gasteiger partial charge in [0, 0.05) is 5.75 Å². The van der Waals surface area contributed by atoms with Crippen molar-refractivity contribution in [2.45, 2.75) is 24.4 Å². The topological polar surface area (TPSA) is 176 Å². The Balaban J connectivity index is 0.00000225. The first-order chi connectivity index (χ1) is 11.4. The number of carboxylic acid groups (broad SMARTS) is 1. The summed E-state index contributed by atoms with van der Waals surface area (Å²) in [4.78, 5) is 37.2. The van der Waals surface area contributed by atoms with Gasteiger partial charge in [0.05, 0.1) is 0 Å². The lowest BCUT2D eigenvalue weighted by molar-refractivity contribution is -0.150. The standard InChI is InChI=1S/C16H17N3O4S.ClH.2H2O/c1-8-7-24-15-11(14(21)19(15)12(8)16(22)23)18-13(20)10(17)9-5-3-2-4-6-9;;;/h2-6,10-11,15H,7,17H2,1H3,(H,18,20)(H,22,23);1H;2*1H2/t10-,11-,15-;;;/m1.../s1. The Labute approximate surface area is 166 Å². The summed E-state index contributed by atoms with van der Waals surface area (Å²) in [5.74, 6) is -1.50. The van der Waals surface area contributed by atoms with Crippen LogP contribution in [0.25, 0.3) is 0 Å². The number of carbonyl (C=O) groups is 3. The number of amides is 2. The summed E-state index contributed by atoms with van der Waals surface area (Å²) < 4.78 is 0. The van der Waals surface area contributed by atoms with Crippen LogP contribution in [0.5, 0.6) is 0 Å². The number of carboxylic acids is 1. The van der Waals surface area contributed by atoms with Gasteiger partial charge in [0.1, 0.15) is 23.2 Å². The van der Waals surface area contributed by atoms with Crippen LogP contribution < -0.4 is 11.1 Å². The van der Waals surface area contributed by atoms with Crippen LogP contribution in [0.1, 0.15) is 18.5 Å². The van der Waals surface area contributed by atoms with Crippen molar-refractivity contribution in [3.05, 3.63) is 47.2 Å². The molecule has 1 aromatic carbocycles. The smallest absolute Gasteiger partial charge is 0.352 e. The number of benzene rings is 1. The van der Waals surface area contributed by atoms with Gasteiger partial charge in [-0.05, 0) is 18.1 Å². The van der Waals surface area contributed by atoms with Gasteiger partial charge in [-0.1, -0.05) is 30.3 Å². The quantitative estimate of drug-likeness (QED) is 0.539. The van der Waals surface area contributed by atoms with Gasteiger partial charge in [0.2, 0.25) is 5.91 Å². The maximum Gasteiger partial charge on any atom is 0.352 e. The van der Waals surface area contributed by atoms with Crippen molar-refractivity contribution in [3.63, 3.8) is 0 Å². The average Bonchev–Trinajstić information content (AvgIpc) is 2.59. The summed E-state index contributed by atoms with van der Waals surface area (Å²) in [5, 5.41) is 11.5. The van der Waals surface area contributed by atoms with Gasteiger partial charge in [0.15, 0.2) is 0 Å². The Morgan fingerprint density at radius 3 is 2.44 bits per heavy atom. The van der Waals surface area contributed by atoms with Gasteiger partial charge in [0.25, 0.3) is 5.91 Å². The minimum atomic E-state index is -1.13. The zero-order valence-corrected chi connectivity index (χ0v) is 16.0. The molecule has 150 valence electrons. The minimum Gasteiger partial charge on any atom is -0.477 e. The minimum absolute atomic E-state index is 0. The molecule has 2 aliphatic rings. The summed E-state index contributed by atoms with van der Waals surface area (Å²) in [6.45, 7) is 1.69. The Kier molecular flexibility index (Phi) is 8.96. The Hall–Kier alpha value is -2.11. The van der Waals surface area contributed by atoms with Gasteiger partial charge >= 0.3 is 5.97 Å². The highest BCUT2D eigenvalue weighted by Crippen LogP contribution is 2.40. The number of β-lactam (4-membered cyclic amide) rings is 1. The third-order valence-corrected chi connectivity index (χ3v) is 5.52. The second-order valence-electron chi connectivity index (χ2n) is 5.72. The number of fused-ring (bicyclic) bond motifs is 1. The van der Waals surface area contributed by atoms with Gasteiger partial charge in [-0.15, -0.1) is 24.2 Å². The van der Waals surface area contributed by atoms with Crippen LogP contribution in [0, 0.1) is 0 Å². The molecule has 3 rings (SSSR count). The normalized spacial score (nSPS) is 21.4. The van der Waals surface area contributed by atoms with Gasteiger partial charge in [-0.25, -0.2) is 4.79 Å². The molecule has 1 fully saturated rings. The van der Waals surface area contributed by atoms with Crippen LogP contribution in [0.3, 0.4) is 0 Å². The SMILES string of the molecule is CC1=C(C(=O)O)N2C(=O)[C@@H](NC(=O)[C@H](N)c3ccccc3)[C@H]2SC1.Cl.O.O. The van der Waals surface area contributed by atoms with Crippen LogP contribution in [0.4, 0.5) is 0 Å². The number of nitrogens with zero attached hydrogens (tertiary/aromatic N) is 1. The number of aliphatic carboxylic acids is 1. The van der Waals surface area contributed by atoms with Crippen molar-refractivity contribution in [1.29, 1.82) is 0 Å². The molecular weight excluding hydrogens is 398 g/mol. The van der Waals surface area contributed by atoms with Gasteiger partial charge in [-0.2, -0.15) is 0 Å². The van der Waals surface area contributed by atoms with E-state index in [1.807, 2.05) is 6.07 Å². The number of nitrogens with one attached hydrogen (secondary N) is 1. The first-order valence-corrected chi connectivity index (χ1v) is 8.45. The van der Waals surface area contributed by atoms with Crippen LogP contribution in [0.2, 0.25) is 0 Å². The lowest BCUT2D eigenvalue weighted by Crippen LogP contribution is -2.71.